The highest BCUT2D eigenvalue weighted by Gasteiger charge is 2.52. The molecule has 1 aromatic rings. The number of aromatic nitrogens is 2. The molecule has 6 nitrogen and oxygen atoms in total. The Morgan fingerprint density at radius 2 is 1.78 bits per heavy atom. The van der Waals surface area contributed by atoms with Gasteiger partial charge in [0, 0.05) is 30.6 Å². The summed E-state index contributed by atoms with van der Waals surface area (Å²) in [6.07, 6.45) is 5.15. The van der Waals surface area contributed by atoms with Crippen molar-refractivity contribution in [1.29, 1.82) is 0 Å². The molecule has 1 saturated heterocycles. The maximum atomic E-state index is 11.3. The van der Waals surface area contributed by atoms with Crippen LogP contribution >= 0.6 is 11.8 Å². The summed E-state index contributed by atoms with van der Waals surface area (Å²) in [7, 11) is -0.510. The van der Waals surface area contributed by atoms with Gasteiger partial charge in [0.25, 0.3) is 0 Å². The highest BCUT2D eigenvalue weighted by molar-refractivity contribution is 8.13. The zero-order valence-corrected chi connectivity index (χ0v) is 14.9. The van der Waals surface area contributed by atoms with Crippen LogP contribution < -0.4 is 5.73 Å². The van der Waals surface area contributed by atoms with E-state index in [1.807, 2.05) is 33.8 Å². The Morgan fingerprint density at radius 3 is 2.26 bits per heavy atom. The number of hydrogen-bond acceptors (Lipinski definition) is 7. The van der Waals surface area contributed by atoms with Crippen LogP contribution in [0.15, 0.2) is 17.9 Å². The maximum Gasteiger partial charge on any atom is 0.491 e. The number of thioether (sulfide) groups is 1. The van der Waals surface area contributed by atoms with Crippen molar-refractivity contribution in [3.8, 4) is 0 Å². The zero-order chi connectivity index (χ0) is 17.3. The molecule has 0 unspecified atom stereocenters. The summed E-state index contributed by atoms with van der Waals surface area (Å²) in [5.74, 6) is 0.703. The number of rotatable bonds is 4. The Balaban J connectivity index is 2.28. The molecule has 1 aliphatic rings. The topological polar surface area (TPSA) is 87.3 Å². The lowest BCUT2D eigenvalue weighted by Gasteiger charge is -2.32. The van der Waals surface area contributed by atoms with Crippen molar-refractivity contribution >= 4 is 36.0 Å². The molecule has 8 heteroatoms. The highest BCUT2D eigenvalue weighted by atomic mass is 32.2. The quantitative estimate of drug-likeness (QED) is 0.845. The third-order valence-corrected chi connectivity index (χ3v) is 4.93. The molecule has 0 bridgehead atoms. The fourth-order valence-electron chi connectivity index (χ4n) is 1.99. The molecule has 124 valence electrons. The van der Waals surface area contributed by atoms with Crippen LogP contribution in [-0.4, -0.2) is 39.2 Å². The van der Waals surface area contributed by atoms with Gasteiger partial charge in [0.1, 0.15) is 0 Å². The van der Waals surface area contributed by atoms with Gasteiger partial charge in [0.15, 0.2) is 5.12 Å². The summed E-state index contributed by atoms with van der Waals surface area (Å²) >= 11 is 1.22. The van der Waals surface area contributed by atoms with Crippen molar-refractivity contribution < 1.29 is 14.1 Å². The second-order valence-corrected chi connectivity index (χ2v) is 7.61. The molecule has 23 heavy (non-hydrogen) atoms. The monoisotopic (exact) mass is 335 g/mol. The van der Waals surface area contributed by atoms with E-state index < -0.39 is 18.3 Å². The summed E-state index contributed by atoms with van der Waals surface area (Å²) in [6.45, 7) is 9.52. The van der Waals surface area contributed by atoms with E-state index in [1.165, 1.54) is 11.8 Å². The second kappa shape index (κ2) is 6.63. The standard InChI is InChI=1S/C15H22BN3O3S/c1-10(20)23-9-12(6-11-7-18-13(17)19-8-11)16-21-14(2,3)15(4,5)22-16/h6-8H,9H2,1-5H3,(H2,17,18,19). The molecule has 0 aliphatic carbocycles. The third kappa shape index (κ3) is 4.34. The van der Waals surface area contributed by atoms with Gasteiger partial charge in [-0.2, -0.15) is 0 Å². The largest absolute Gasteiger partial charge is 0.491 e. The van der Waals surface area contributed by atoms with Crippen molar-refractivity contribution in [2.45, 2.75) is 45.8 Å². The molecule has 2 N–H and O–H groups in total. The molecule has 0 aromatic carbocycles. The normalized spacial score (nSPS) is 19.9. The lowest BCUT2D eigenvalue weighted by atomic mass is 9.78. The molecule has 2 heterocycles. The van der Waals surface area contributed by atoms with Gasteiger partial charge in [-0.1, -0.05) is 17.8 Å². The van der Waals surface area contributed by atoms with Crippen molar-refractivity contribution in [1.82, 2.24) is 9.97 Å². The minimum atomic E-state index is -0.510. The van der Waals surface area contributed by atoms with Crippen LogP contribution in [0, 0.1) is 0 Å². The number of nitrogens with zero attached hydrogens (tertiary/aromatic N) is 2. The van der Waals surface area contributed by atoms with Crippen LogP contribution in [-0.2, 0) is 14.1 Å². The average Bonchev–Trinajstić information content (AvgIpc) is 2.65. The molecule has 1 fully saturated rings. The van der Waals surface area contributed by atoms with E-state index in [-0.39, 0.29) is 11.1 Å². The van der Waals surface area contributed by atoms with Crippen LogP contribution in [0.4, 0.5) is 5.95 Å². The van der Waals surface area contributed by atoms with Crippen LogP contribution in [0.2, 0.25) is 0 Å². The molecular weight excluding hydrogens is 313 g/mol. The first-order valence-corrected chi connectivity index (χ1v) is 8.36. The number of carbonyl (C=O) groups excluding carboxylic acids is 1. The number of hydrogen-bond donors (Lipinski definition) is 1. The summed E-state index contributed by atoms with van der Waals surface area (Å²) in [5, 5.41) is 0.0426. The van der Waals surface area contributed by atoms with Gasteiger partial charge in [-0.15, -0.1) is 0 Å². The fraction of sp³-hybridized carbons (Fsp3) is 0.533. The van der Waals surface area contributed by atoms with Gasteiger partial charge in [-0.05, 0) is 33.2 Å². The van der Waals surface area contributed by atoms with Crippen LogP contribution in [0.1, 0.15) is 40.2 Å². The molecule has 0 atom stereocenters. The molecule has 1 aliphatic heterocycles. The summed E-state index contributed by atoms with van der Waals surface area (Å²) in [4.78, 5) is 19.3. The van der Waals surface area contributed by atoms with Crippen LogP contribution in [0.5, 0.6) is 0 Å². The van der Waals surface area contributed by atoms with Gasteiger partial charge in [0.2, 0.25) is 5.95 Å². The minimum Gasteiger partial charge on any atom is -0.400 e. The predicted molar refractivity (Wildman–Crippen MR) is 93.6 cm³/mol. The van der Waals surface area contributed by atoms with Crippen molar-refractivity contribution in [3.63, 3.8) is 0 Å². The SMILES string of the molecule is CC(=O)SCC(=Cc1cnc(N)nc1)B1OC(C)(C)C(C)(C)O1. The van der Waals surface area contributed by atoms with E-state index in [4.69, 9.17) is 15.0 Å². The Labute approximate surface area is 141 Å². The Hall–Kier alpha value is -1.38. The first-order valence-electron chi connectivity index (χ1n) is 7.38. The zero-order valence-electron chi connectivity index (χ0n) is 14.1. The third-order valence-electron chi connectivity index (χ3n) is 4.04. The van der Waals surface area contributed by atoms with E-state index >= 15 is 0 Å². The smallest absolute Gasteiger partial charge is 0.400 e. The number of nitrogen functional groups attached to an aromatic ring is 1. The summed E-state index contributed by atoms with van der Waals surface area (Å²) < 4.78 is 12.1. The fourth-order valence-corrected chi connectivity index (χ4v) is 2.58. The molecule has 1 aromatic heterocycles. The first kappa shape index (κ1) is 18.0. The lowest BCUT2D eigenvalue weighted by molar-refractivity contribution is -0.109. The lowest BCUT2D eigenvalue weighted by Crippen LogP contribution is -2.41. The van der Waals surface area contributed by atoms with Crippen molar-refractivity contribution in [2.24, 2.45) is 0 Å². The molecule has 0 amide bonds. The van der Waals surface area contributed by atoms with E-state index in [9.17, 15) is 4.79 Å². The van der Waals surface area contributed by atoms with E-state index in [1.54, 1.807) is 19.3 Å². The van der Waals surface area contributed by atoms with Crippen molar-refractivity contribution in [2.75, 3.05) is 11.5 Å². The van der Waals surface area contributed by atoms with Gasteiger partial charge in [-0.3, -0.25) is 4.79 Å². The average molecular weight is 335 g/mol. The van der Waals surface area contributed by atoms with Crippen LogP contribution in [0.25, 0.3) is 6.08 Å². The van der Waals surface area contributed by atoms with Gasteiger partial charge in [-0.25, -0.2) is 9.97 Å². The predicted octanol–water partition coefficient (Wildman–Crippen LogP) is 2.35. The molecule has 2 rings (SSSR count). The first-order chi connectivity index (χ1) is 10.6. The van der Waals surface area contributed by atoms with E-state index in [0.29, 0.717) is 5.75 Å². The number of nitrogens with two attached hydrogens (primary N) is 1. The maximum absolute atomic E-state index is 11.3. The van der Waals surface area contributed by atoms with Crippen LogP contribution in [0.3, 0.4) is 0 Å². The molecule has 0 radical (unpaired) electrons. The van der Waals surface area contributed by atoms with E-state index in [2.05, 4.69) is 9.97 Å². The Bertz CT molecular complexity index is 601. The second-order valence-electron chi connectivity index (χ2n) is 6.46. The van der Waals surface area contributed by atoms with E-state index in [0.717, 1.165) is 11.0 Å². The number of carbonyl (C=O) groups is 1. The molecule has 0 saturated carbocycles. The van der Waals surface area contributed by atoms with Gasteiger partial charge >= 0.3 is 7.12 Å². The molecular formula is C15H22BN3O3S. The number of anilines is 1. The van der Waals surface area contributed by atoms with Crippen molar-refractivity contribution in [3.05, 3.63) is 23.4 Å². The summed E-state index contributed by atoms with van der Waals surface area (Å²) in [6, 6.07) is 0. The van der Waals surface area contributed by atoms with Gasteiger partial charge in [0.05, 0.1) is 11.2 Å². The highest BCUT2D eigenvalue weighted by Crippen LogP contribution is 2.39. The minimum absolute atomic E-state index is 0.0426. The summed E-state index contributed by atoms with van der Waals surface area (Å²) in [5.41, 5.74) is 6.28. The Kier molecular flexibility index (Phi) is 5.18. The Morgan fingerprint density at radius 1 is 1.26 bits per heavy atom. The molecule has 0 spiro atoms. The van der Waals surface area contributed by atoms with Gasteiger partial charge < -0.3 is 15.0 Å².